The van der Waals surface area contributed by atoms with Crippen LogP contribution in [-0.4, -0.2) is 49.2 Å². The van der Waals surface area contributed by atoms with Crippen LogP contribution >= 0.6 is 0 Å². The Morgan fingerprint density at radius 2 is 0.231 bits per heavy atom. The van der Waals surface area contributed by atoms with Crippen LogP contribution in [0.25, 0.3) is 269 Å². The number of rotatable bonds is 5. The molecule has 11 nitrogen and oxygen atoms in total. The second-order valence-corrected chi connectivity index (χ2v) is 37.7. The number of para-hydroxylation sites is 23. The topological polar surface area (TPSA) is 51.1 Å². The van der Waals surface area contributed by atoms with E-state index in [0.717, 1.165) is 94.6 Å². The zero-order valence-electron chi connectivity index (χ0n) is 77.3. The molecule has 33 aromatic rings. The Hall–Kier alpha value is -19.4. The van der Waals surface area contributed by atoms with Gasteiger partial charge in [-0.25, -0.2) is 0 Å². The van der Waals surface area contributed by atoms with Crippen LogP contribution in [0.2, 0.25) is 0 Å². The molecule has 11 heteroatoms. The van der Waals surface area contributed by atoms with Gasteiger partial charge in [-0.3, -0.25) is 0 Å². The van der Waals surface area contributed by atoms with Crippen LogP contribution in [0.5, 0.6) is 0 Å². The van der Waals surface area contributed by atoms with E-state index >= 15 is 0 Å². The van der Waals surface area contributed by atoms with E-state index in [4.69, 9.17) is 0 Å². The van der Waals surface area contributed by atoms with Crippen LogP contribution in [0.4, 0.5) is 0 Å². The van der Waals surface area contributed by atoms with E-state index in [-0.39, 0.29) is 0 Å². The summed E-state index contributed by atoms with van der Waals surface area (Å²) in [7, 11) is 0. The first kappa shape index (κ1) is 78.8. The van der Waals surface area contributed by atoms with Gasteiger partial charge in [0.2, 0.25) is 0 Å². The zero-order valence-corrected chi connectivity index (χ0v) is 77.3. The summed E-state index contributed by atoms with van der Waals surface area (Å²) in [6.45, 7) is 0. The summed E-state index contributed by atoms with van der Waals surface area (Å²) in [5, 5.41) is 20.1. The molecule has 0 unspecified atom stereocenters. The lowest BCUT2D eigenvalue weighted by atomic mass is 10.1. The monoisotopic (exact) mass is 1820 g/mol. The molecule has 0 aliphatic carbocycles. The summed E-state index contributed by atoms with van der Waals surface area (Å²) >= 11 is 0. The maximum Gasteiger partial charge on any atom is 0.0789 e. The first-order valence-electron chi connectivity index (χ1n) is 49.2. The predicted molar refractivity (Wildman–Crippen MR) is 601 cm³/mol. The third kappa shape index (κ3) is 11.2. The molecule has 22 aromatic carbocycles. The molecule has 666 valence electrons. The lowest BCUT2D eigenvalue weighted by molar-refractivity contribution is 1.13. The molecule has 0 saturated heterocycles. The lowest BCUT2D eigenvalue weighted by Gasteiger charge is -2.15. The summed E-state index contributed by atoms with van der Waals surface area (Å²) in [6, 6.07) is 184. The third-order valence-corrected chi connectivity index (χ3v) is 30.5. The van der Waals surface area contributed by atoms with E-state index in [1.54, 1.807) is 0 Å². The maximum absolute atomic E-state index is 2.52. The Morgan fingerprint density at radius 3 is 0.462 bits per heavy atom. The van der Waals surface area contributed by atoms with Gasteiger partial charge in [0.1, 0.15) is 0 Å². The van der Waals surface area contributed by atoms with Crippen molar-refractivity contribution >= 4 is 241 Å². The molecule has 0 spiro atoms. The van der Waals surface area contributed by atoms with Gasteiger partial charge in [0.15, 0.2) is 0 Å². The first-order valence-corrected chi connectivity index (χ1v) is 49.2. The minimum atomic E-state index is 1.09. The molecule has 33 rings (SSSR count). The van der Waals surface area contributed by atoms with Gasteiger partial charge in [-0.05, 0) is 194 Å². The number of hydrogen-bond acceptors (Lipinski definition) is 0. The highest BCUT2D eigenvalue weighted by Crippen LogP contribution is 2.48. The van der Waals surface area contributed by atoms with Crippen LogP contribution in [0.15, 0.2) is 504 Å². The summed E-state index contributed by atoms with van der Waals surface area (Å²) in [6.07, 6.45) is 0. The third-order valence-electron chi connectivity index (χ3n) is 30.5. The highest BCUT2D eigenvalue weighted by Gasteiger charge is 2.28. The van der Waals surface area contributed by atoms with Crippen molar-refractivity contribution in [1.29, 1.82) is 0 Å². The van der Waals surface area contributed by atoms with Gasteiger partial charge in [-0.2, -0.15) is 0 Å². The number of hydrogen-bond donors (Lipinski definition) is 0. The van der Waals surface area contributed by atoms with Gasteiger partial charge in [-0.1, -0.05) is 309 Å². The molecule has 0 N–H and O–H groups in total. The number of nitrogens with zero attached hydrogens (tertiary/aromatic N) is 11. The molecule has 0 bridgehead atoms. The minimum absolute atomic E-state index is 1.09. The molecular formula is C132H83N11. The molecule has 0 saturated carbocycles. The second kappa shape index (κ2) is 30.6. The maximum atomic E-state index is 2.52. The van der Waals surface area contributed by atoms with Crippen molar-refractivity contribution in [2.24, 2.45) is 0 Å². The zero-order chi connectivity index (χ0) is 93.3. The van der Waals surface area contributed by atoms with Crippen molar-refractivity contribution in [2.75, 3.05) is 0 Å². The van der Waals surface area contributed by atoms with Crippen molar-refractivity contribution < 1.29 is 0 Å². The first-order chi connectivity index (χ1) is 71.1. The van der Waals surface area contributed by atoms with E-state index in [2.05, 4.69) is 553 Å². The van der Waals surface area contributed by atoms with Crippen LogP contribution in [-0.2, 0) is 0 Å². The fourth-order valence-electron chi connectivity index (χ4n) is 24.8. The van der Waals surface area contributed by atoms with Gasteiger partial charge in [0.05, 0.1) is 154 Å². The van der Waals surface area contributed by atoms with Gasteiger partial charge < -0.3 is 49.2 Å². The van der Waals surface area contributed by atoms with Crippen molar-refractivity contribution in [3.05, 3.63) is 504 Å². The van der Waals surface area contributed by atoms with E-state index in [9.17, 15) is 0 Å². The highest BCUT2D eigenvalue weighted by atomic mass is 15.1. The number of fused-ring (bicyclic) bond motifs is 36. The Balaban J connectivity index is 0.0000000993. The summed E-state index contributed by atoms with van der Waals surface area (Å²) in [5.41, 5.74) is 38.7. The molecule has 0 amide bonds. The van der Waals surface area contributed by atoms with Crippen molar-refractivity contribution in [1.82, 2.24) is 49.2 Å². The van der Waals surface area contributed by atoms with Gasteiger partial charge in [0, 0.05) is 115 Å². The average molecular weight is 1820 g/mol. The summed E-state index contributed by atoms with van der Waals surface area (Å²) in [4.78, 5) is 0. The largest absolute Gasteiger partial charge is 0.309 e. The molecule has 11 aromatic heterocycles. The summed E-state index contributed by atoms with van der Waals surface area (Å²) < 4.78 is 27.1. The fourth-order valence-corrected chi connectivity index (χ4v) is 24.8. The van der Waals surface area contributed by atoms with Crippen LogP contribution < -0.4 is 0 Å². The molecule has 0 fully saturated rings. The smallest absolute Gasteiger partial charge is 0.0789 e. The molecular weight excluding hydrogens is 1740 g/mol. The van der Waals surface area contributed by atoms with Gasteiger partial charge >= 0.3 is 0 Å². The number of benzene rings is 22. The minimum Gasteiger partial charge on any atom is -0.309 e. The standard InChI is InChI=1S/2C48H30N4.C36H23N3/c1-5-17-39-33(13-1)34-14-2-6-18-40(34)49(39)31-25-27-32(28-26-31)50-43-21-9-11-23-45(43)51-41-19-7-3-15-35(41)37-29-30-38-36-16-4-8-20-42(36)52(48(38)47(37)51)46-24-12-10-22-44(46)50;1-2-14-31(15-3-1)49-43-22-10-12-24-45(43)51-41-21-9-6-18-35(41)36-27-28-37-38-30-32(50-39-19-7-4-16-33(39)34-17-5-8-20-40(34)50)26-29-42(38)52(48(37)47(36)51)46-25-13-11-23-44(46)49;1-2-12-24(13-3-1)37-31-18-8-10-20-33(31)38-29-16-6-4-14-25(29)27-22-23-28-26-15-5-7-17-30(26)39(36(28)35(27)38)34-21-11-9-19-32(34)37/h2*1-30H;1-23H. The Morgan fingerprint density at radius 1 is 0.0839 bits per heavy atom. The molecule has 0 atom stereocenters. The Kier molecular flexibility index (Phi) is 16.8. The van der Waals surface area contributed by atoms with E-state index < -0.39 is 0 Å². The second-order valence-electron chi connectivity index (χ2n) is 37.7. The Bertz CT molecular complexity index is 11000. The lowest BCUT2D eigenvalue weighted by Crippen LogP contribution is -2.01. The molecule has 0 aliphatic rings. The molecule has 143 heavy (non-hydrogen) atoms. The van der Waals surface area contributed by atoms with Crippen LogP contribution in [0.1, 0.15) is 0 Å². The van der Waals surface area contributed by atoms with Crippen LogP contribution in [0, 0.1) is 0 Å². The number of aromatic nitrogens is 11. The molecule has 0 radical (unpaired) electrons. The quantitative estimate of drug-likeness (QED) is 0.165. The van der Waals surface area contributed by atoms with Crippen molar-refractivity contribution in [3.8, 4) is 28.4 Å². The van der Waals surface area contributed by atoms with Crippen molar-refractivity contribution in [2.45, 2.75) is 0 Å². The predicted octanol–water partition coefficient (Wildman–Crippen LogP) is 34.1. The Labute approximate surface area is 816 Å². The van der Waals surface area contributed by atoms with Crippen LogP contribution in [0.3, 0.4) is 0 Å². The molecule has 0 aliphatic heterocycles. The SMILES string of the molecule is c1ccc(-n2c3ccccc3n3c4ccccc4c4ccc5c6cc(-n7c8ccccc8c8ccccc87)ccc6n(c6ccccc62)c5c43)cc1.c1ccc(-n2c3ccccc3n3c4ccccc4c4ccc5c6ccccc6n(c6ccccc62)c5c43)cc1.c1ccc2c(c1)c1ccccc1n2-c1ccc(-n2c3ccccc3n3c4ccccc4c4ccc5c6ccccc6n(c6ccccc62)c5c43)cc1. The van der Waals surface area contributed by atoms with Gasteiger partial charge in [0.25, 0.3) is 0 Å². The van der Waals surface area contributed by atoms with E-state index in [0.29, 0.717) is 0 Å². The highest BCUT2D eigenvalue weighted by molar-refractivity contribution is 6.29. The molecule has 11 heterocycles. The van der Waals surface area contributed by atoms with E-state index in [1.807, 2.05) is 0 Å². The average Bonchev–Trinajstić information content (AvgIpc) is 1.53. The summed E-state index contributed by atoms with van der Waals surface area (Å²) in [5.74, 6) is 0. The van der Waals surface area contributed by atoms with E-state index in [1.165, 1.54) is 174 Å². The fraction of sp³-hybridized carbons (Fsp3) is 0. The van der Waals surface area contributed by atoms with Gasteiger partial charge in [-0.15, -0.1) is 0 Å². The van der Waals surface area contributed by atoms with Crippen molar-refractivity contribution in [3.63, 3.8) is 0 Å². The normalized spacial score (nSPS) is 12.2.